The second-order valence-corrected chi connectivity index (χ2v) is 6.23. The van der Waals surface area contributed by atoms with E-state index in [1.807, 2.05) is 6.92 Å². The number of amides is 1. The minimum absolute atomic E-state index is 0.119. The molecule has 2 aromatic carbocycles. The first kappa shape index (κ1) is 19.6. The quantitative estimate of drug-likeness (QED) is 0.454. The topological polar surface area (TPSA) is 87.1 Å². The summed E-state index contributed by atoms with van der Waals surface area (Å²) in [4.78, 5) is 26.2. The van der Waals surface area contributed by atoms with Crippen LogP contribution in [-0.2, 0) is 9.59 Å². The molecule has 1 unspecified atom stereocenters. The van der Waals surface area contributed by atoms with Gasteiger partial charge in [-0.3, -0.25) is 9.59 Å². The lowest BCUT2D eigenvalue weighted by Crippen LogP contribution is -2.32. The maximum absolute atomic E-state index is 13.8. The molecular formula is C21H20FNO5. The van der Waals surface area contributed by atoms with Crippen molar-refractivity contribution in [1.29, 1.82) is 0 Å². The molecule has 28 heavy (non-hydrogen) atoms. The maximum Gasteiger partial charge on any atom is 0.295 e. The molecule has 1 saturated heterocycles. The number of ether oxygens (including phenoxy) is 1. The van der Waals surface area contributed by atoms with Crippen LogP contribution in [0.1, 0.15) is 24.1 Å². The third-order valence-corrected chi connectivity index (χ3v) is 4.48. The number of halogens is 1. The van der Waals surface area contributed by atoms with E-state index in [2.05, 4.69) is 0 Å². The molecule has 0 aromatic heterocycles. The molecule has 1 aliphatic heterocycles. The van der Waals surface area contributed by atoms with Gasteiger partial charge in [0.1, 0.15) is 17.3 Å². The Labute approximate surface area is 161 Å². The number of ketones is 1. The van der Waals surface area contributed by atoms with Crippen LogP contribution in [0.5, 0.6) is 5.75 Å². The van der Waals surface area contributed by atoms with Gasteiger partial charge in [-0.2, -0.15) is 0 Å². The number of benzene rings is 2. The maximum atomic E-state index is 13.8. The molecule has 2 N–H and O–H groups in total. The van der Waals surface area contributed by atoms with Gasteiger partial charge in [-0.1, -0.05) is 12.1 Å². The van der Waals surface area contributed by atoms with E-state index in [0.29, 0.717) is 23.5 Å². The first-order valence-electron chi connectivity index (χ1n) is 8.86. The van der Waals surface area contributed by atoms with Crippen molar-refractivity contribution in [2.75, 3.05) is 19.8 Å². The summed E-state index contributed by atoms with van der Waals surface area (Å²) < 4.78 is 19.1. The van der Waals surface area contributed by atoms with Gasteiger partial charge in [-0.05, 0) is 48.9 Å². The third-order valence-electron chi connectivity index (χ3n) is 4.48. The fraction of sp³-hybridized carbons (Fsp3) is 0.238. The molecule has 1 amide bonds. The van der Waals surface area contributed by atoms with Gasteiger partial charge in [0.25, 0.3) is 11.7 Å². The van der Waals surface area contributed by atoms with Crippen molar-refractivity contribution < 1.29 is 28.9 Å². The third kappa shape index (κ3) is 3.61. The van der Waals surface area contributed by atoms with Crippen molar-refractivity contribution in [2.24, 2.45) is 0 Å². The van der Waals surface area contributed by atoms with E-state index < -0.39 is 23.5 Å². The molecule has 146 valence electrons. The standard InChI is InChI=1S/C21H20FNO5/c1-2-28-16-8-6-13(7-9-16)19(25)17-18(14-4-3-5-15(22)12-14)23(10-11-24)21(27)20(17)26/h3-9,12,18,24-25H,2,10-11H2,1H3/b19-17-. The van der Waals surface area contributed by atoms with Crippen LogP contribution in [0.2, 0.25) is 0 Å². The molecule has 0 spiro atoms. The van der Waals surface area contributed by atoms with Crippen LogP contribution in [0.25, 0.3) is 5.76 Å². The molecule has 1 heterocycles. The van der Waals surface area contributed by atoms with Crippen LogP contribution in [0, 0.1) is 5.82 Å². The SMILES string of the molecule is CCOc1ccc(/C(O)=C2/C(=O)C(=O)N(CCO)C2c2cccc(F)c2)cc1. The van der Waals surface area contributed by atoms with Crippen molar-refractivity contribution in [3.05, 3.63) is 71.0 Å². The average Bonchev–Trinajstić information content (AvgIpc) is 2.94. The van der Waals surface area contributed by atoms with Crippen molar-refractivity contribution in [2.45, 2.75) is 13.0 Å². The molecular weight excluding hydrogens is 365 g/mol. The molecule has 0 saturated carbocycles. The molecule has 6 nitrogen and oxygen atoms in total. The fourth-order valence-electron chi connectivity index (χ4n) is 3.27. The van der Waals surface area contributed by atoms with E-state index >= 15 is 0 Å². The summed E-state index contributed by atoms with van der Waals surface area (Å²) in [6, 6.07) is 10.9. The summed E-state index contributed by atoms with van der Waals surface area (Å²) >= 11 is 0. The number of hydrogen-bond donors (Lipinski definition) is 2. The Hall–Kier alpha value is -3.19. The van der Waals surface area contributed by atoms with Gasteiger partial charge in [0, 0.05) is 12.1 Å². The Balaban J connectivity index is 2.12. The van der Waals surface area contributed by atoms with Crippen molar-refractivity contribution in [3.63, 3.8) is 0 Å². The Morgan fingerprint density at radius 2 is 1.89 bits per heavy atom. The first-order chi connectivity index (χ1) is 13.5. The van der Waals surface area contributed by atoms with Crippen molar-refractivity contribution in [1.82, 2.24) is 4.90 Å². The van der Waals surface area contributed by atoms with Crippen LogP contribution in [-0.4, -0.2) is 46.6 Å². The molecule has 0 bridgehead atoms. The number of carbonyl (C=O) groups is 2. The van der Waals surface area contributed by atoms with Gasteiger partial charge in [0.05, 0.1) is 24.8 Å². The minimum atomic E-state index is -0.991. The Bertz CT molecular complexity index is 923. The average molecular weight is 385 g/mol. The van der Waals surface area contributed by atoms with Gasteiger partial charge in [-0.15, -0.1) is 0 Å². The van der Waals surface area contributed by atoms with E-state index in [-0.39, 0.29) is 24.5 Å². The van der Waals surface area contributed by atoms with E-state index in [1.165, 1.54) is 18.2 Å². The Morgan fingerprint density at radius 3 is 2.50 bits per heavy atom. The minimum Gasteiger partial charge on any atom is -0.507 e. The number of rotatable bonds is 6. The largest absolute Gasteiger partial charge is 0.507 e. The number of aliphatic hydroxyl groups excluding tert-OH is 2. The van der Waals surface area contributed by atoms with E-state index in [0.717, 1.165) is 4.90 Å². The number of β-amino-alcohol motifs (C(OH)–C–C–N with tert-alkyl or cyclic N) is 1. The summed E-state index contributed by atoms with van der Waals surface area (Å²) in [6.45, 7) is 1.83. The molecule has 1 atom stereocenters. The lowest BCUT2D eigenvalue weighted by molar-refractivity contribution is -0.140. The zero-order valence-electron chi connectivity index (χ0n) is 15.3. The normalized spacial score (nSPS) is 18.5. The molecule has 2 aromatic rings. The molecule has 7 heteroatoms. The smallest absolute Gasteiger partial charge is 0.295 e. The van der Waals surface area contributed by atoms with Crippen LogP contribution in [0.4, 0.5) is 4.39 Å². The van der Waals surface area contributed by atoms with Gasteiger partial charge >= 0.3 is 0 Å². The van der Waals surface area contributed by atoms with E-state index in [9.17, 15) is 24.2 Å². The highest BCUT2D eigenvalue weighted by atomic mass is 19.1. The summed E-state index contributed by atoms with van der Waals surface area (Å²) in [7, 11) is 0. The van der Waals surface area contributed by atoms with E-state index in [4.69, 9.17) is 4.74 Å². The second-order valence-electron chi connectivity index (χ2n) is 6.23. The zero-order chi connectivity index (χ0) is 20.3. The highest BCUT2D eigenvalue weighted by Gasteiger charge is 2.45. The summed E-state index contributed by atoms with van der Waals surface area (Å²) in [5.41, 5.74) is 0.514. The number of nitrogens with zero attached hydrogens (tertiary/aromatic N) is 1. The fourth-order valence-corrected chi connectivity index (χ4v) is 3.27. The number of hydrogen-bond acceptors (Lipinski definition) is 5. The number of likely N-dealkylation sites (tertiary alicyclic amines) is 1. The van der Waals surface area contributed by atoms with E-state index in [1.54, 1.807) is 30.3 Å². The van der Waals surface area contributed by atoms with Gasteiger partial charge in [0.2, 0.25) is 0 Å². The molecule has 0 radical (unpaired) electrons. The number of carbonyl (C=O) groups excluding carboxylic acids is 2. The molecule has 0 aliphatic carbocycles. The Kier molecular flexibility index (Phi) is 5.75. The van der Waals surface area contributed by atoms with Crippen LogP contribution < -0.4 is 4.74 Å². The van der Waals surface area contributed by atoms with Crippen LogP contribution in [0.15, 0.2) is 54.1 Å². The van der Waals surface area contributed by atoms with Crippen LogP contribution >= 0.6 is 0 Å². The first-order valence-corrected chi connectivity index (χ1v) is 8.86. The second kappa shape index (κ2) is 8.22. The molecule has 3 rings (SSSR count). The number of aliphatic hydroxyl groups is 2. The van der Waals surface area contributed by atoms with Gasteiger partial charge < -0.3 is 19.8 Å². The monoisotopic (exact) mass is 385 g/mol. The molecule has 1 aliphatic rings. The van der Waals surface area contributed by atoms with Crippen LogP contribution in [0.3, 0.4) is 0 Å². The molecule has 1 fully saturated rings. The lowest BCUT2D eigenvalue weighted by atomic mass is 9.95. The predicted molar refractivity (Wildman–Crippen MR) is 100 cm³/mol. The highest BCUT2D eigenvalue weighted by molar-refractivity contribution is 6.46. The summed E-state index contributed by atoms with van der Waals surface area (Å²) in [5.74, 6) is -2.03. The summed E-state index contributed by atoms with van der Waals surface area (Å²) in [5, 5.41) is 20.1. The number of Topliss-reactive ketones (excluding diaryl/α,β-unsaturated/α-hetero) is 1. The van der Waals surface area contributed by atoms with Gasteiger partial charge in [-0.25, -0.2) is 4.39 Å². The van der Waals surface area contributed by atoms with Crippen molar-refractivity contribution >= 4 is 17.4 Å². The van der Waals surface area contributed by atoms with Crippen molar-refractivity contribution in [3.8, 4) is 5.75 Å². The summed E-state index contributed by atoms with van der Waals surface area (Å²) in [6.07, 6.45) is 0. The predicted octanol–water partition coefficient (Wildman–Crippen LogP) is 2.64. The zero-order valence-corrected chi connectivity index (χ0v) is 15.3. The lowest BCUT2D eigenvalue weighted by Gasteiger charge is -2.24. The highest BCUT2D eigenvalue weighted by Crippen LogP contribution is 2.39. The van der Waals surface area contributed by atoms with Gasteiger partial charge in [0.15, 0.2) is 0 Å². The Morgan fingerprint density at radius 1 is 1.18 bits per heavy atom.